The highest BCUT2D eigenvalue weighted by atomic mass is 16.5. The van der Waals surface area contributed by atoms with E-state index in [9.17, 15) is 0 Å². The van der Waals surface area contributed by atoms with Gasteiger partial charge in [-0.3, -0.25) is 5.32 Å². The van der Waals surface area contributed by atoms with Crippen molar-refractivity contribution < 1.29 is 4.52 Å². The number of hydrogen-bond acceptors (Lipinski definition) is 5. The highest BCUT2D eigenvalue weighted by molar-refractivity contribution is 5.69. The molecule has 2 rings (SSSR count). The predicted molar refractivity (Wildman–Crippen MR) is 102 cm³/mol. The SMILES string of the molecule is C#CNc1ncc(-c2c(C)noc2C)cc1CC/C(C=C)=C/C=C\N. The summed E-state index contributed by atoms with van der Waals surface area (Å²) in [6.07, 6.45) is 15.7. The van der Waals surface area contributed by atoms with Crippen molar-refractivity contribution >= 4 is 5.82 Å². The molecule has 2 aromatic heterocycles. The second-order valence-electron chi connectivity index (χ2n) is 5.53. The van der Waals surface area contributed by atoms with Gasteiger partial charge >= 0.3 is 0 Å². The minimum atomic E-state index is 0.677. The number of anilines is 1. The molecule has 25 heavy (non-hydrogen) atoms. The first-order valence-electron chi connectivity index (χ1n) is 7.94. The Morgan fingerprint density at radius 3 is 2.88 bits per heavy atom. The van der Waals surface area contributed by atoms with Gasteiger partial charge in [0.15, 0.2) is 0 Å². The van der Waals surface area contributed by atoms with Crippen LogP contribution in [0.2, 0.25) is 0 Å². The van der Waals surface area contributed by atoms with Crippen LogP contribution in [0, 0.1) is 26.3 Å². The molecule has 0 atom stereocenters. The summed E-state index contributed by atoms with van der Waals surface area (Å²) < 4.78 is 5.26. The third kappa shape index (κ3) is 4.39. The molecule has 5 heteroatoms. The quantitative estimate of drug-likeness (QED) is 0.456. The third-order valence-corrected chi connectivity index (χ3v) is 3.85. The summed E-state index contributed by atoms with van der Waals surface area (Å²) in [6, 6.07) is 4.50. The molecule has 0 bridgehead atoms. The van der Waals surface area contributed by atoms with Crippen LogP contribution in [0.1, 0.15) is 23.4 Å². The molecule has 3 N–H and O–H groups in total. The predicted octanol–water partition coefficient (Wildman–Crippen LogP) is 3.87. The zero-order valence-electron chi connectivity index (χ0n) is 14.5. The summed E-state index contributed by atoms with van der Waals surface area (Å²) >= 11 is 0. The van der Waals surface area contributed by atoms with Gasteiger partial charge in [0, 0.05) is 23.4 Å². The molecule has 0 saturated carbocycles. The van der Waals surface area contributed by atoms with Crippen LogP contribution in [0.15, 0.2) is 53.4 Å². The van der Waals surface area contributed by atoms with E-state index in [-0.39, 0.29) is 0 Å². The van der Waals surface area contributed by atoms with Crippen LogP contribution in [-0.2, 0) is 6.42 Å². The fraction of sp³-hybridized carbons (Fsp3) is 0.200. The molecule has 128 valence electrons. The molecule has 0 aliphatic heterocycles. The fourth-order valence-corrected chi connectivity index (χ4v) is 2.63. The van der Waals surface area contributed by atoms with E-state index >= 15 is 0 Å². The maximum absolute atomic E-state index is 5.39. The summed E-state index contributed by atoms with van der Waals surface area (Å²) in [5, 5.41) is 6.87. The smallest absolute Gasteiger partial charge is 0.141 e. The van der Waals surface area contributed by atoms with Crippen LogP contribution in [0.4, 0.5) is 5.82 Å². The summed E-state index contributed by atoms with van der Waals surface area (Å²) in [6.45, 7) is 7.64. The van der Waals surface area contributed by atoms with Crippen LogP contribution in [0.5, 0.6) is 0 Å². The number of nitrogens with one attached hydrogen (secondary N) is 1. The summed E-state index contributed by atoms with van der Waals surface area (Å²) in [5.41, 5.74) is 10.2. The third-order valence-electron chi connectivity index (χ3n) is 3.85. The van der Waals surface area contributed by atoms with Crippen molar-refractivity contribution in [1.29, 1.82) is 0 Å². The lowest BCUT2D eigenvalue weighted by Gasteiger charge is -2.10. The van der Waals surface area contributed by atoms with Gasteiger partial charge in [0.05, 0.1) is 5.69 Å². The van der Waals surface area contributed by atoms with Crippen molar-refractivity contribution in [3.63, 3.8) is 0 Å². The summed E-state index contributed by atoms with van der Waals surface area (Å²) in [4.78, 5) is 4.47. The van der Waals surface area contributed by atoms with Crippen LogP contribution >= 0.6 is 0 Å². The van der Waals surface area contributed by atoms with E-state index in [0.29, 0.717) is 5.82 Å². The van der Waals surface area contributed by atoms with E-state index < -0.39 is 0 Å². The molecule has 0 amide bonds. The molecule has 0 aromatic carbocycles. The Morgan fingerprint density at radius 1 is 1.48 bits per heavy atom. The van der Waals surface area contributed by atoms with Crippen molar-refractivity contribution in [2.24, 2.45) is 5.73 Å². The van der Waals surface area contributed by atoms with E-state index in [1.165, 1.54) is 6.20 Å². The van der Waals surface area contributed by atoms with Gasteiger partial charge in [-0.05, 0) is 56.2 Å². The largest absolute Gasteiger partial charge is 0.405 e. The van der Waals surface area contributed by atoms with Crippen LogP contribution in [0.3, 0.4) is 0 Å². The number of rotatable bonds is 7. The maximum Gasteiger partial charge on any atom is 0.141 e. The van der Waals surface area contributed by atoms with E-state index in [2.05, 4.69) is 34.1 Å². The van der Waals surface area contributed by atoms with E-state index in [1.807, 2.05) is 26.0 Å². The number of terminal acetylenes is 1. The topological polar surface area (TPSA) is 77.0 Å². The molecule has 0 saturated heterocycles. The second kappa shape index (κ2) is 8.55. The van der Waals surface area contributed by atoms with Gasteiger partial charge in [-0.2, -0.15) is 0 Å². The Bertz CT molecular complexity index is 834. The molecule has 5 nitrogen and oxygen atoms in total. The standard InChI is InChI=1S/C20H22N4O/c1-5-16(8-7-11-21)9-10-17-12-18(13-23-20(17)22-6-2)19-14(3)24-25-15(19)4/h2,5,7-8,11-13H,1,9-10,21H2,3-4H3,(H,22,23)/b11-7-,16-8+. The molecule has 0 unspecified atom stereocenters. The van der Waals surface area contributed by atoms with Gasteiger partial charge < -0.3 is 10.3 Å². The first-order valence-corrected chi connectivity index (χ1v) is 7.94. The Balaban J connectivity index is 2.36. The number of pyridine rings is 1. The normalized spacial score (nSPS) is 11.5. The van der Waals surface area contributed by atoms with Crippen molar-refractivity contribution in [1.82, 2.24) is 10.1 Å². The monoisotopic (exact) mass is 334 g/mol. The molecule has 0 spiro atoms. The Labute approximate surface area is 148 Å². The lowest BCUT2D eigenvalue weighted by molar-refractivity contribution is 0.393. The minimum Gasteiger partial charge on any atom is -0.405 e. The van der Waals surface area contributed by atoms with Crippen molar-refractivity contribution in [2.45, 2.75) is 26.7 Å². The van der Waals surface area contributed by atoms with Crippen LogP contribution in [-0.4, -0.2) is 10.1 Å². The number of nitrogens with zero attached hydrogens (tertiary/aromatic N) is 2. The van der Waals surface area contributed by atoms with E-state index in [1.54, 1.807) is 12.3 Å². The lowest BCUT2D eigenvalue weighted by Crippen LogP contribution is -2.00. The van der Waals surface area contributed by atoms with Crippen molar-refractivity contribution in [3.8, 4) is 23.6 Å². The fourth-order valence-electron chi connectivity index (χ4n) is 2.63. The summed E-state index contributed by atoms with van der Waals surface area (Å²) in [5.74, 6) is 1.44. The number of nitrogens with two attached hydrogens (primary N) is 1. The zero-order chi connectivity index (χ0) is 18.2. The maximum atomic E-state index is 5.39. The highest BCUT2D eigenvalue weighted by Crippen LogP contribution is 2.29. The van der Waals surface area contributed by atoms with Crippen LogP contribution in [0.25, 0.3) is 11.1 Å². The first kappa shape index (κ1) is 18.1. The number of hydrogen-bond donors (Lipinski definition) is 2. The molecule has 0 radical (unpaired) electrons. The highest BCUT2D eigenvalue weighted by Gasteiger charge is 2.14. The zero-order valence-corrected chi connectivity index (χ0v) is 14.5. The molecule has 0 fully saturated rings. The van der Waals surface area contributed by atoms with Gasteiger partial charge in [-0.15, -0.1) is 0 Å². The van der Waals surface area contributed by atoms with Gasteiger partial charge in [-0.25, -0.2) is 4.98 Å². The van der Waals surface area contributed by atoms with Gasteiger partial charge in [0.2, 0.25) is 0 Å². The van der Waals surface area contributed by atoms with Gasteiger partial charge in [-0.1, -0.05) is 30.3 Å². The molecule has 0 aliphatic carbocycles. The molecular formula is C20H22N4O. The number of allylic oxidation sites excluding steroid dienone is 4. The first-order chi connectivity index (χ1) is 12.1. The second-order valence-corrected chi connectivity index (χ2v) is 5.53. The van der Waals surface area contributed by atoms with Gasteiger partial charge in [0.1, 0.15) is 11.6 Å². The Hall–Kier alpha value is -3.26. The van der Waals surface area contributed by atoms with E-state index in [4.69, 9.17) is 16.7 Å². The van der Waals surface area contributed by atoms with Crippen molar-refractivity contribution in [2.75, 3.05) is 5.32 Å². The Kier molecular flexibility index (Phi) is 6.19. The van der Waals surface area contributed by atoms with Crippen molar-refractivity contribution in [3.05, 3.63) is 65.9 Å². The number of aromatic nitrogens is 2. The molecule has 0 aliphatic rings. The van der Waals surface area contributed by atoms with E-state index in [0.717, 1.165) is 46.6 Å². The molecule has 2 aromatic rings. The minimum absolute atomic E-state index is 0.677. The molecular weight excluding hydrogens is 312 g/mol. The Morgan fingerprint density at radius 2 is 2.28 bits per heavy atom. The lowest BCUT2D eigenvalue weighted by atomic mass is 10.00. The number of aryl methyl sites for hydroxylation is 3. The van der Waals surface area contributed by atoms with Gasteiger partial charge in [0.25, 0.3) is 0 Å². The molecule has 2 heterocycles. The average molecular weight is 334 g/mol. The average Bonchev–Trinajstić information content (AvgIpc) is 2.95. The summed E-state index contributed by atoms with van der Waals surface area (Å²) in [7, 11) is 0. The van der Waals surface area contributed by atoms with Crippen LogP contribution < -0.4 is 11.1 Å².